The van der Waals surface area contributed by atoms with Crippen LogP contribution in [-0.4, -0.2) is 14.9 Å². The fourth-order valence-corrected chi connectivity index (χ4v) is 1.84. The zero-order valence-corrected chi connectivity index (χ0v) is 11.9. The first-order valence-corrected chi connectivity index (χ1v) is 6.24. The number of nitrogen functional groups attached to an aromatic ring is 1. The van der Waals surface area contributed by atoms with Gasteiger partial charge < -0.3 is 5.73 Å². The van der Waals surface area contributed by atoms with E-state index in [1.165, 1.54) is 12.1 Å². The number of halogens is 1. The van der Waals surface area contributed by atoms with Gasteiger partial charge >= 0.3 is 0 Å². The minimum absolute atomic E-state index is 0.00310. The molecule has 98 valence electrons. The molecule has 7 heteroatoms. The number of hydrogen-bond donors (Lipinski definition) is 1. The van der Waals surface area contributed by atoms with E-state index in [2.05, 4.69) is 25.9 Å². The maximum absolute atomic E-state index is 10.8. The van der Waals surface area contributed by atoms with Crippen LogP contribution in [0.3, 0.4) is 0 Å². The Morgan fingerprint density at radius 2 is 2.00 bits per heavy atom. The molecule has 2 aromatic rings. The molecule has 0 radical (unpaired) electrons. The van der Waals surface area contributed by atoms with Gasteiger partial charge in [0.2, 0.25) is 0 Å². The number of nitro benzene ring substituents is 1. The minimum Gasteiger partial charge on any atom is -0.383 e. The fourth-order valence-electron chi connectivity index (χ4n) is 1.67. The summed E-state index contributed by atoms with van der Waals surface area (Å²) in [6.45, 7) is 3.63. The SMILES string of the molecule is Cc1ccc([N+](=O)[O-])cc1-c1nc(C)c(Br)c(N)n1. The van der Waals surface area contributed by atoms with Crippen molar-refractivity contribution < 1.29 is 4.92 Å². The molecule has 19 heavy (non-hydrogen) atoms. The zero-order chi connectivity index (χ0) is 14.2. The second-order valence-corrected chi connectivity index (χ2v) is 4.88. The summed E-state index contributed by atoms with van der Waals surface area (Å²) < 4.78 is 0.638. The molecule has 0 bridgehead atoms. The van der Waals surface area contributed by atoms with Gasteiger partial charge in [-0.3, -0.25) is 10.1 Å². The monoisotopic (exact) mass is 322 g/mol. The molecule has 1 aromatic heterocycles. The predicted molar refractivity (Wildman–Crippen MR) is 75.7 cm³/mol. The highest BCUT2D eigenvalue weighted by molar-refractivity contribution is 9.10. The number of aromatic nitrogens is 2. The molecule has 2 rings (SSSR count). The molecule has 0 unspecified atom stereocenters. The van der Waals surface area contributed by atoms with Crippen LogP contribution in [-0.2, 0) is 0 Å². The number of hydrogen-bond acceptors (Lipinski definition) is 5. The summed E-state index contributed by atoms with van der Waals surface area (Å²) >= 11 is 3.28. The van der Waals surface area contributed by atoms with Gasteiger partial charge in [0.05, 0.1) is 15.1 Å². The van der Waals surface area contributed by atoms with Crippen LogP contribution >= 0.6 is 15.9 Å². The van der Waals surface area contributed by atoms with Crippen LogP contribution in [0, 0.1) is 24.0 Å². The van der Waals surface area contributed by atoms with Crippen molar-refractivity contribution in [3.8, 4) is 11.4 Å². The summed E-state index contributed by atoms with van der Waals surface area (Å²) in [6, 6.07) is 4.58. The van der Waals surface area contributed by atoms with Crippen LogP contribution in [0.15, 0.2) is 22.7 Å². The number of non-ortho nitro benzene ring substituents is 1. The van der Waals surface area contributed by atoms with E-state index in [9.17, 15) is 10.1 Å². The highest BCUT2D eigenvalue weighted by Gasteiger charge is 2.14. The van der Waals surface area contributed by atoms with Gasteiger partial charge in [-0.2, -0.15) is 0 Å². The largest absolute Gasteiger partial charge is 0.383 e. The van der Waals surface area contributed by atoms with E-state index in [0.717, 1.165) is 5.56 Å². The molecular weight excluding hydrogens is 312 g/mol. The van der Waals surface area contributed by atoms with Gasteiger partial charge in [0.15, 0.2) is 5.82 Å². The molecule has 1 aromatic carbocycles. The van der Waals surface area contributed by atoms with Crippen molar-refractivity contribution in [2.75, 3.05) is 5.73 Å². The summed E-state index contributed by atoms with van der Waals surface area (Å²) in [5.74, 6) is 0.702. The maximum atomic E-state index is 10.8. The lowest BCUT2D eigenvalue weighted by molar-refractivity contribution is -0.384. The Hall–Kier alpha value is -2.02. The third-order valence-corrected chi connectivity index (χ3v) is 3.70. The Kier molecular flexibility index (Phi) is 3.48. The number of nitrogens with two attached hydrogens (primary N) is 1. The number of anilines is 1. The Balaban J connectivity index is 2.64. The fraction of sp³-hybridized carbons (Fsp3) is 0.167. The van der Waals surface area contributed by atoms with E-state index in [0.29, 0.717) is 27.4 Å². The minimum atomic E-state index is -0.446. The molecule has 0 saturated heterocycles. The molecule has 6 nitrogen and oxygen atoms in total. The number of aryl methyl sites for hydroxylation is 2. The number of benzene rings is 1. The second-order valence-electron chi connectivity index (χ2n) is 4.09. The van der Waals surface area contributed by atoms with E-state index >= 15 is 0 Å². The summed E-state index contributed by atoms with van der Waals surface area (Å²) in [7, 11) is 0. The second kappa shape index (κ2) is 4.93. The van der Waals surface area contributed by atoms with Crippen molar-refractivity contribution in [3.05, 3.63) is 44.0 Å². The third kappa shape index (κ3) is 2.55. The summed E-state index contributed by atoms with van der Waals surface area (Å²) in [5.41, 5.74) is 7.93. The van der Waals surface area contributed by atoms with Crippen molar-refractivity contribution in [2.45, 2.75) is 13.8 Å². The lowest BCUT2D eigenvalue weighted by Crippen LogP contribution is -2.01. The topological polar surface area (TPSA) is 94.9 Å². The highest BCUT2D eigenvalue weighted by atomic mass is 79.9. The molecule has 0 aliphatic heterocycles. The predicted octanol–water partition coefficient (Wildman–Crippen LogP) is 3.01. The van der Waals surface area contributed by atoms with Crippen LogP contribution in [0.5, 0.6) is 0 Å². The van der Waals surface area contributed by atoms with Gasteiger partial charge in [-0.25, -0.2) is 9.97 Å². The number of nitro groups is 1. The van der Waals surface area contributed by atoms with Crippen molar-refractivity contribution >= 4 is 27.4 Å². The maximum Gasteiger partial charge on any atom is 0.270 e. The summed E-state index contributed by atoms with van der Waals surface area (Å²) in [5, 5.41) is 10.8. The number of rotatable bonds is 2. The van der Waals surface area contributed by atoms with Crippen molar-refractivity contribution in [1.82, 2.24) is 9.97 Å². The lowest BCUT2D eigenvalue weighted by Gasteiger charge is -2.08. The molecule has 0 fully saturated rings. The standard InChI is InChI=1S/C12H11BrN4O2/c1-6-3-4-8(17(18)19)5-9(6)12-15-7(2)10(13)11(14)16-12/h3-5H,1-2H3,(H2,14,15,16). The zero-order valence-electron chi connectivity index (χ0n) is 10.3. The molecule has 0 atom stereocenters. The van der Waals surface area contributed by atoms with Gasteiger partial charge in [-0.05, 0) is 35.3 Å². The average Bonchev–Trinajstić information content (AvgIpc) is 2.35. The first-order chi connectivity index (χ1) is 8.90. The Morgan fingerprint density at radius 3 is 2.58 bits per heavy atom. The lowest BCUT2D eigenvalue weighted by atomic mass is 10.1. The molecule has 0 aliphatic rings. The smallest absolute Gasteiger partial charge is 0.270 e. The average molecular weight is 323 g/mol. The molecule has 2 N–H and O–H groups in total. The first-order valence-electron chi connectivity index (χ1n) is 5.45. The Labute approximate surface area is 118 Å². The van der Waals surface area contributed by atoms with Gasteiger partial charge in [-0.15, -0.1) is 0 Å². The van der Waals surface area contributed by atoms with E-state index in [1.54, 1.807) is 13.0 Å². The van der Waals surface area contributed by atoms with E-state index in [4.69, 9.17) is 5.73 Å². The Bertz CT molecular complexity index is 650. The van der Waals surface area contributed by atoms with Crippen molar-refractivity contribution in [3.63, 3.8) is 0 Å². The van der Waals surface area contributed by atoms with Gasteiger partial charge in [0.25, 0.3) is 5.69 Å². The van der Waals surface area contributed by atoms with Crippen LogP contribution < -0.4 is 5.73 Å². The summed E-state index contributed by atoms with van der Waals surface area (Å²) in [4.78, 5) is 18.8. The molecule has 0 spiro atoms. The molecule has 1 heterocycles. The number of nitrogens with zero attached hydrogens (tertiary/aromatic N) is 3. The van der Waals surface area contributed by atoms with Crippen molar-refractivity contribution in [2.24, 2.45) is 0 Å². The quantitative estimate of drug-likeness (QED) is 0.677. The van der Waals surface area contributed by atoms with Gasteiger partial charge in [0, 0.05) is 17.7 Å². The molecule has 0 amide bonds. The molecular formula is C12H11BrN4O2. The van der Waals surface area contributed by atoms with Crippen LogP contribution in [0.1, 0.15) is 11.3 Å². The van der Waals surface area contributed by atoms with E-state index in [-0.39, 0.29) is 5.69 Å². The Morgan fingerprint density at radius 1 is 1.32 bits per heavy atom. The molecule has 0 aliphatic carbocycles. The van der Waals surface area contributed by atoms with Gasteiger partial charge in [-0.1, -0.05) is 6.07 Å². The molecule has 0 saturated carbocycles. The van der Waals surface area contributed by atoms with Crippen LogP contribution in [0.2, 0.25) is 0 Å². The summed E-state index contributed by atoms with van der Waals surface area (Å²) in [6.07, 6.45) is 0. The third-order valence-electron chi connectivity index (χ3n) is 2.72. The van der Waals surface area contributed by atoms with E-state index in [1.807, 2.05) is 6.92 Å². The normalized spacial score (nSPS) is 10.5. The van der Waals surface area contributed by atoms with E-state index < -0.39 is 4.92 Å². The first kappa shape index (κ1) is 13.4. The highest BCUT2D eigenvalue weighted by Crippen LogP contribution is 2.28. The van der Waals surface area contributed by atoms with Gasteiger partial charge in [0.1, 0.15) is 5.82 Å². The van der Waals surface area contributed by atoms with Crippen molar-refractivity contribution in [1.29, 1.82) is 0 Å². The van der Waals surface area contributed by atoms with Crippen LogP contribution in [0.25, 0.3) is 11.4 Å². The van der Waals surface area contributed by atoms with Crippen LogP contribution in [0.4, 0.5) is 11.5 Å².